The molecule has 2 aliphatic rings. The Kier molecular flexibility index (Phi) is 7.03. The van der Waals surface area contributed by atoms with Crippen LogP contribution in [0, 0.1) is 0 Å². The summed E-state index contributed by atoms with van der Waals surface area (Å²) in [5.74, 6) is 0.491. The van der Waals surface area contributed by atoms with E-state index < -0.39 is 0 Å². The highest BCUT2D eigenvalue weighted by Gasteiger charge is 2.30. The Balaban J connectivity index is 1.35. The summed E-state index contributed by atoms with van der Waals surface area (Å²) in [6, 6.07) is 18.7. The Morgan fingerprint density at radius 1 is 1.00 bits per heavy atom. The van der Waals surface area contributed by atoms with Gasteiger partial charge in [-0.25, -0.2) is 4.79 Å². The second-order valence-corrected chi connectivity index (χ2v) is 8.73. The second-order valence-electron chi connectivity index (χ2n) is 8.73. The summed E-state index contributed by atoms with van der Waals surface area (Å²) in [7, 11) is 1.38. The maximum atomic E-state index is 12.8. The minimum atomic E-state index is -0.337. The van der Waals surface area contributed by atoms with Crippen molar-refractivity contribution in [2.75, 3.05) is 26.7 Å². The molecule has 2 heterocycles. The number of methoxy groups -OCH3 is 1. The summed E-state index contributed by atoms with van der Waals surface area (Å²) in [6.07, 6.45) is 5.04. The predicted molar refractivity (Wildman–Crippen MR) is 121 cm³/mol. The first-order chi connectivity index (χ1) is 15.1. The monoisotopic (exact) mass is 420 g/mol. The van der Waals surface area contributed by atoms with Crippen molar-refractivity contribution in [2.24, 2.45) is 0 Å². The van der Waals surface area contributed by atoms with Crippen LogP contribution in [-0.4, -0.2) is 54.5 Å². The fraction of sp³-hybridized carbons (Fsp3) is 0.462. The Hall–Kier alpha value is -2.66. The first-order valence-electron chi connectivity index (χ1n) is 11.4. The van der Waals surface area contributed by atoms with Crippen LogP contribution in [0.3, 0.4) is 0 Å². The van der Waals surface area contributed by atoms with Crippen LogP contribution in [0.1, 0.15) is 59.5 Å². The van der Waals surface area contributed by atoms with Crippen LogP contribution in [0.15, 0.2) is 54.6 Å². The van der Waals surface area contributed by atoms with E-state index in [0.29, 0.717) is 30.5 Å². The van der Waals surface area contributed by atoms with Crippen molar-refractivity contribution in [3.05, 3.63) is 71.3 Å². The number of rotatable bonds is 5. The number of carbonyl (C=O) groups is 2. The Bertz CT molecular complexity index is 881. The van der Waals surface area contributed by atoms with Gasteiger partial charge in [0.15, 0.2) is 0 Å². The van der Waals surface area contributed by atoms with Gasteiger partial charge in [-0.3, -0.25) is 9.69 Å². The van der Waals surface area contributed by atoms with E-state index in [4.69, 9.17) is 4.74 Å². The maximum Gasteiger partial charge on any atom is 0.337 e. The summed E-state index contributed by atoms with van der Waals surface area (Å²) >= 11 is 0. The topological polar surface area (TPSA) is 49.9 Å². The third-order valence-electron chi connectivity index (χ3n) is 6.77. The molecular weight excluding hydrogens is 388 g/mol. The number of carbonyl (C=O) groups excluding carboxylic acids is 2. The zero-order valence-electron chi connectivity index (χ0n) is 18.3. The van der Waals surface area contributed by atoms with Gasteiger partial charge in [0.2, 0.25) is 5.91 Å². The summed E-state index contributed by atoms with van der Waals surface area (Å²) < 4.78 is 4.76. The van der Waals surface area contributed by atoms with E-state index in [1.165, 1.54) is 25.5 Å². The maximum absolute atomic E-state index is 12.8. The molecule has 0 saturated carbocycles. The molecule has 31 heavy (non-hydrogen) atoms. The van der Waals surface area contributed by atoms with E-state index in [9.17, 15) is 9.59 Å². The summed E-state index contributed by atoms with van der Waals surface area (Å²) in [5.41, 5.74) is 3.02. The van der Waals surface area contributed by atoms with E-state index in [-0.39, 0.29) is 11.9 Å². The lowest BCUT2D eigenvalue weighted by Crippen LogP contribution is -2.42. The highest BCUT2D eigenvalue weighted by atomic mass is 16.5. The average molecular weight is 421 g/mol. The molecule has 0 bridgehead atoms. The molecule has 5 heteroatoms. The quantitative estimate of drug-likeness (QED) is 0.679. The molecule has 0 N–H and O–H groups in total. The summed E-state index contributed by atoms with van der Waals surface area (Å²) in [6.45, 7) is 3.61. The molecule has 4 rings (SSSR count). The SMILES string of the molecule is COC(=O)c1ccc(CN2CC[C@H](N3CCC[C@H](c4ccccc4)C3)CCC2=O)cc1. The largest absolute Gasteiger partial charge is 0.465 e. The number of esters is 1. The smallest absolute Gasteiger partial charge is 0.337 e. The molecule has 2 aromatic rings. The number of likely N-dealkylation sites (tertiary alicyclic amines) is 2. The summed E-state index contributed by atoms with van der Waals surface area (Å²) in [5, 5.41) is 0. The molecule has 0 unspecified atom stereocenters. The average Bonchev–Trinajstić information content (AvgIpc) is 3.01. The molecule has 0 radical (unpaired) electrons. The third-order valence-corrected chi connectivity index (χ3v) is 6.77. The Morgan fingerprint density at radius 3 is 2.52 bits per heavy atom. The molecule has 2 saturated heterocycles. The van der Waals surface area contributed by atoms with Crippen molar-refractivity contribution in [2.45, 2.75) is 50.6 Å². The number of nitrogens with zero attached hydrogens (tertiary/aromatic N) is 2. The van der Waals surface area contributed by atoms with Crippen molar-refractivity contribution in [1.29, 1.82) is 0 Å². The van der Waals surface area contributed by atoms with Crippen molar-refractivity contribution < 1.29 is 14.3 Å². The van der Waals surface area contributed by atoms with E-state index >= 15 is 0 Å². The van der Waals surface area contributed by atoms with Crippen LogP contribution >= 0.6 is 0 Å². The standard InChI is InChI=1S/C26H32N2O3/c1-31-26(30)22-11-9-20(10-12-22)18-28-17-15-24(13-14-25(28)29)27-16-5-8-23(19-27)21-6-3-2-4-7-21/h2-4,6-7,9-12,23-24H,5,8,13-19H2,1H3/t23-,24+/m0/s1. The zero-order chi connectivity index (χ0) is 21.6. The predicted octanol–water partition coefficient (Wildman–Crippen LogP) is 4.23. The van der Waals surface area contributed by atoms with E-state index in [1.807, 2.05) is 17.0 Å². The number of ether oxygens (including phenoxy) is 1. The van der Waals surface area contributed by atoms with Gasteiger partial charge in [-0.2, -0.15) is 0 Å². The van der Waals surface area contributed by atoms with Crippen LogP contribution in [0.4, 0.5) is 0 Å². The minimum absolute atomic E-state index is 0.233. The first-order valence-corrected chi connectivity index (χ1v) is 11.4. The van der Waals surface area contributed by atoms with Gasteiger partial charge in [0.25, 0.3) is 0 Å². The molecule has 2 atom stereocenters. The lowest BCUT2D eigenvalue weighted by atomic mass is 9.89. The molecule has 0 spiro atoms. The van der Waals surface area contributed by atoms with Gasteiger partial charge < -0.3 is 9.64 Å². The number of hydrogen-bond acceptors (Lipinski definition) is 4. The first kappa shape index (κ1) is 21.6. The van der Waals surface area contributed by atoms with Gasteiger partial charge in [-0.15, -0.1) is 0 Å². The Labute approximate surface area is 185 Å². The van der Waals surface area contributed by atoms with Crippen molar-refractivity contribution in [1.82, 2.24) is 9.80 Å². The lowest BCUT2D eigenvalue weighted by molar-refractivity contribution is -0.131. The van der Waals surface area contributed by atoms with Crippen molar-refractivity contribution in [3.8, 4) is 0 Å². The van der Waals surface area contributed by atoms with E-state index in [0.717, 1.165) is 38.0 Å². The van der Waals surface area contributed by atoms with Crippen LogP contribution in [0.5, 0.6) is 0 Å². The lowest BCUT2D eigenvalue weighted by Gasteiger charge is -2.38. The fourth-order valence-corrected chi connectivity index (χ4v) is 4.97. The van der Waals surface area contributed by atoms with Gasteiger partial charge >= 0.3 is 5.97 Å². The normalized spacial score (nSPS) is 22.7. The van der Waals surface area contributed by atoms with E-state index in [2.05, 4.69) is 35.2 Å². The van der Waals surface area contributed by atoms with Gasteiger partial charge in [0.05, 0.1) is 12.7 Å². The number of hydrogen-bond donors (Lipinski definition) is 0. The minimum Gasteiger partial charge on any atom is -0.465 e. The van der Waals surface area contributed by atoms with Gasteiger partial charge in [-0.1, -0.05) is 42.5 Å². The molecule has 2 aromatic carbocycles. The zero-order valence-corrected chi connectivity index (χ0v) is 18.3. The molecule has 1 amide bonds. The number of amides is 1. The fourth-order valence-electron chi connectivity index (χ4n) is 4.97. The van der Waals surface area contributed by atoms with Gasteiger partial charge in [0, 0.05) is 32.1 Å². The Morgan fingerprint density at radius 2 is 1.77 bits per heavy atom. The van der Waals surface area contributed by atoms with Crippen molar-refractivity contribution in [3.63, 3.8) is 0 Å². The van der Waals surface area contributed by atoms with E-state index in [1.54, 1.807) is 12.1 Å². The highest BCUT2D eigenvalue weighted by Crippen LogP contribution is 2.30. The second kappa shape index (κ2) is 10.1. The van der Waals surface area contributed by atoms with Gasteiger partial charge in [-0.05, 0) is 61.4 Å². The molecule has 164 valence electrons. The number of piperidine rings is 1. The van der Waals surface area contributed by atoms with Crippen molar-refractivity contribution >= 4 is 11.9 Å². The van der Waals surface area contributed by atoms with Gasteiger partial charge in [0.1, 0.15) is 0 Å². The molecule has 0 aliphatic carbocycles. The van der Waals surface area contributed by atoms with Crippen LogP contribution < -0.4 is 0 Å². The third kappa shape index (κ3) is 5.34. The summed E-state index contributed by atoms with van der Waals surface area (Å²) in [4.78, 5) is 29.0. The molecular formula is C26H32N2O3. The van der Waals surface area contributed by atoms with Crippen LogP contribution in [0.2, 0.25) is 0 Å². The highest BCUT2D eigenvalue weighted by molar-refractivity contribution is 5.89. The molecule has 5 nitrogen and oxygen atoms in total. The molecule has 0 aromatic heterocycles. The molecule has 2 fully saturated rings. The van der Waals surface area contributed by atoms with Crippen LogP contribution in [-0.2, 0) is 16.1 Å². The molecule has 2 aliphatic heterocycles. The number of benzene rings is 2. The van der Waals surface area contributed by atoms with Crippen LogP contribution in [0.25, 0.3) is 0 Å².